The fraction of sp³-hybridized carbons (Fsp3) is 0.692. The molecule has 2 amide bonds. The fourth-order valence-corrected chi connectivity index (χ4v) is 2.21. The Balaban J connectivity index is 2.61. The molecule has 1 rings (SSSR count). The van der Waals surface area contributed by atoms with Crippen LogP contribution in [0.3, 0.4) is 0 Å². The molecule has 1 heterocycles. The second-order valence-corrected chi connectivity index (χ2v) is 4.51. The van der Waals surface area contributed by atoms with Crippen molar-refractivity contribution in [2.75, 3.05) is 32.8 Å². The van der Waals surface area contributed by atoms with Gasteiger partial charge in [0.05, 0.1) is 6.10 Å². The van der Waals surface area contributed by atoms with Crippen LogP contribution >= 0.6 is 0 Å². The van der Waals surface area contributed by atoms with E-state index >= 15 is 0 Å². The van der Waals surface area contributed by atoms with Crippen molar-refractivity contribution < 1.29 is 19.4 Å². The van der Waals surface area contributed by atoms with E-state index in [-0.39, 0.29) is 25.2 Å². The maximum atomic E-state index is 12.3. The van der Waals surface area contributed by atoms with E-state index < -0.39 is 5.97 Å². The summed E-state index contributed by atoms with van der Waals surface area (Å²) in [7, 11) is 0. The number of amides is 2. The van der Waals surface area contributed by atoms with Crippen molar-refractivity contribution in [2.45, 2.75) is 25.9 Å². The van der Waals surface area contributed by atoms with Gasteiger partial charge in [-0.25, -0.2) is 4.79 Å². The van der Waals surface area contributed by atoms with Crippen LogP contribution in [0.25, 0.3) is 0 Å². The van der Waals surface area contributed by atoms with Crippen LogP contribution in [0.4, 0.5) is 4.79 Å². The third-order valence-corrected chi connectivity index (χ3v) is 3.00. The fourth-order valence-electron chi connectivity index (χ4n) is 2.21. The molecular weight excluding hydrogens is 248 g/mol. The molecule has 0 radical (unpaired) electrons. The van der Waals surface area contributed by atoms with Gasteiger partial charge in [0.1, 0.15) is 6.54 Å². The van der Waals surface area contributed by atoms with Gasteiger partial charge in [0.2, 0.25) is 0 Å². The molecule has 0 bridgehead atoms. The Hall–Kier alpha value is -1.56. The molecular formula is C13H22N2O4. The van der Waals surface area contributed by atoms with Crippen molar-refractivity contribution in [3.8, 4) is 0 Å². The first-order valence-electron chi connectivity index (χ1n) is 6.56. The highest BCUT2D eigenvalue weighted by atomic mass is 16.5. The zero-order valence-electron chi connectivity index (χ0n) is 11.4. The maximum absolute atomic E-state index is 12.3. The second-order valence-electron chi connectivity index (χ2n) is 4.51. The van der Waals surface area contributed by atoms with Gasteiger partial charge in [-0.3, -0.25) is 4.79 Å². The first-order valence-corrected chi connectivity index (χ1v) is 6.56. The first kappa shape index (κ1) is 15.5. The van der Waals surface area contributed by atoms with Crippen LogP contribution in [0.1, 0.15) is 19.8 Å². The molecule has 1 unspecified atom stereocenters. The molecule has 0 spiro atoms. The molecule has 0 aliphatic carbocycles. The highest BCUT2D eigenvalue weighted by Crippen LogP contribution is 2.15. The molecule has 108 valence electrons. The number of carboxylic acid groups (broad SMARTS) is 1. The summed E-state index contributed by atoms with van der Waals surface area (Å²) in [5.41, 5.74) is 0. The molecule has 1 aliphatic rings. The van der Waals surface area contributed by atoms with Crippen LogP contribution in [0.15, 0.2) is 12.7 Å². The number of ether oxygens (including phenoxy) is 1. The molecule has 1 fully saturated rings. The van der Waals surface area contributed by atoms with Crippen molar-refractivity contribution in [2.24, 2.45) is 0 Å². The lowest BCUT2D eigenvalue weighted by Crippen LogP contribution is -2.50. The number of aliphatic carboxylic acids is 1. The molecule has 0 aromatic rings. The van der Waals surface area contributed by atoms with Crippen molar-refractivity contribution in [3.63, 3.8) is 0 Å². The van der Waals surface area contributed by atoms with E-state index in [4.69, 9.17) is 9.84 Å². The second kappa shape index (κ2) is 7.78. The number of nitrogens with zero attached hydrogens (tertiary/aromatic N) is 2. The number of hydrogen-bond donors (Lipinski definition) is 1. The predicted molar refractivity (Wildman–Crippen MR) is 71.0 cm³/mol. The summed E-state index contributed by atoms with van der Waals surface area (Å²) in [5, 5.41) is 8.82. The molecule has 6 heteroatoms. The van der Waals surface area contributed by atoms with Gasteiger partial charge in [0.25, 0.3) is 0 Å². The smallest absolute Gasteiger partial charge is 0.323 e. The van der Waals surface area contributed by atoms with E-state index in [2.05, 4.69) is 6.58 Å². The lowest BCUT2D eigenvalue weighted by molar-refractivity contribution is -0.137. The molecule has 0 saturated carbocycles. The Labute approximate surface area is 113 Å². The summed E-state index contributed by atoms with van der Waals surface area (Å²) in [6, 6.07) is -0.258. The minimum absolute atomic E-state index is 0.0538. The number of piperidine rings is 1. The number of likely N-dealkylation sites (tertiary alicyclic amines) is 1. The quantitative estimate of drug-likeness (QED) is 0.736. The zero-order valence-corrected chi connectivity index (χ0v) is 11.4. The van der Waals surface area contributed by atoms with E-state index in [1.807, 2.05) is 6.92 Å². The summed E-state index contributed by atoms with van der Waals surface area (Å²) < 4.78 is 5.54. The Bertz CT molecular complexity index is 331. The van der Waals surface area contributed by atoms with Gasteiger partial charge < -0.3 is 19.6 Å². The zero-order chi connectivity index (χ0) is 14.3. The van der Waals surface area contributed by atoms with Crippen LogP contribution in [0.5, 0.6) is 0 Å². The minimum Gasteiger partial charge on any atom is -0.480 e. The van der Waals surface area contributed by atoms with Gasteiger partial charge in [-0.15, -0.1) is 6.58 Å². The normalized spacial score (nSPS) is 19.0. The summed E-state index contributed by atoms with van der Waals surface area (Å²) in [6.45, 7) is 7.21. The van der Waals surface area contributed by atoms with E-state index in [0.29, 0.717) is 19.7 Å². The van der Waals surface area contributed by atoms with Crippen LogP contribution in [0.2, 0.25) is 0 Å². The standard InChI is InChI=1S/C13H22N2O4/c1-3-7-14(10-12(16)17)13(18)15-8-5-6-11(9-15)19-4-2/h3,11H,1,4-10H2,2H3,(H,16,17). The number of carbonyl (C=O) groups excluding carboxylic acids is 1. The van der Waals surface area contributed by atoms with Crippen LogP contribution in [0, 0.1) is 0 Å². The molecule has 0 aromatic heterocycles. The van der Waals surface area contributed by atoms with Crippen LogP contribution in [-0.2, 0) is 9.53 Å². The van der Waals surface area contributed by atoms with E-state index in [1.165, 1.54) is 11.0 Å². The average molecular weight is 270 g/mol. The Morgan fingerprint density at radius 3 is 2.89 bits per heavy atom. The molecule has 1 aliphatic heterocycles. The number of carbonyl (C=O) groups is 2. The number of urea groups is 1. The Morgan fingerprint density at radius 1 is 1.58 bits per heavy atom. The van der Waals surface area contributed by atoms with E-state index in [9.17, 15) is 9.59 Å². The van der Waals surface area contributed by atoms with E-state index in [0.717, 1.165) is 12.8 Å². The summed E-state index contributed by atoms with van der Waals surface area (Å²) in [4.78, 5) is 26.0. The maximum Gasteiger partial charge on any atom is 0.323 e. The van der Waals surface area contributed by atoms with Gasteiger partial charge >= 0.3 is 12.0 Å². The molecule has 6 nitrogen and oxygen atoms in total. The minimum atomic E-state index is -1.02. The van der Waals surface area contributed by atoms with Crippen molar-refractivity contribution >= 4 is 12.0 Å². The van der Waals surface area contributed by atoms with Gasteiger partial charge in [0, 0.05) is 26.2 Å². The SMILES string of the molecule is C=CCN(CC(=O)O)C(=O)N1CCCC(OCC)C1. The number of hydrogen-bond acceptors (Lipinski definition) is 3. The molecule has 1 atom stereocenters. The van der Waals surface area contributed by atoms with Gasteiger partial charge in [-0.1, -0.05) is 6.08 Å². The third-order valence-electron chi connectivity index (χ3n) is 3.00. The van der Waals surface area contributed by atoms with Crippen molar-refractivity contribution in [1.82, 2.24) is 9.80 Å². The lowest BCUT2D eigenvalue weighted by atomic mass is 10.1. The third kappa shape index (κ3) is 4.90. The highest BCUT2D eigenvalue weighted by Gasteiger charge is 2.27. The Kier molecular flexibility index (Phi) is 6.35. The van der Waals surface area contributed by atoms with Crippen molar-refractivity contribution in [3.05, 3.63) is 12.7 Å². The van der Waals surface area contributed by atoms with Gasteiger partial charge in [-0.2, -0.15) is 0 Å². The van der Waals surface area contributed by atoms with Crippen LogP contribution in [-0.4, -0.2) is 65.8 Å². The van der Waals surface area contributed by atoms with Crippen molar-refractivity contribution in [1.29, 1.82) is 0 Å². The van der Waals surface area contributed by atoms with Gasteiger partial charge in [-0.05, 0) is 19.8 Å². The molecule has 0 aromatic carbocycles. The predicted octanol–water partition coefficient (Wildman–Crippen LogP) is 1.18. The van der Waals surface area contributed by atoms with E-state index in [1.54, 1.807) is 4.90 Å². The summed E-state index contributed by atoms with van der Waals surface area (Å²) >= 11 is 0. The number of carboxylic acids is 1. The summed E-state index contributed by atoms with van der Waals surface area (Å²) in [5.74, 6) is -1.02. The monoisotopic (exact) mass is 270 g/mol. The number of rotatable bonds is 6. The highest BCUT2D eigenvalue weighted by molar-refractivity contribution is 5.80. The van der Waals surface area contributed by atoms with Crippen LogP contribution < -0.4 is 0 Å². The lowest BCUT2D eigenvalue weighted by Gasteiger charge is -2.35. The molecule has 1 saturated heterocycles. The first-order chi connectivity index (χ1) is 9.08. The Morgan fingerprint density at radius 2 is 2.32 bits per heavy atom. The topological polar surface area (TPSA) is 70.1 Å². The summed E-state index contributed by atoms with van der Waals surface area (Å²) in [6.07, 6.45) is 3.41. The molecule has 19 heavy (non-hydrogen) atoms. The van der Waals surface area contributed by atoms with Gasteiger partial charge in [0.15, 0.2) is 0 Å². The molecule has 1 N–H and O–H groups in total. The average Bonchev–Trinajstić information content (AvgIpc) is 2.37. The largest absolute Gasteiger partial charge is 0.480 e.